The predicted octanol–water partition coefficient (Wildman–Crippen LogP) is 2.22. The van der Waals surface area contributed by atoms with Crippen LogP contribution in [0.5, 0.6) is 11.5 Å². The SMILES string of the molecule is COc1ccc(OC)c(-c2cc(C(=O)NCc3cc(-c4cnccn4)nn3C)n(C)n2)c1. The average molecular weight is 433 g/mol. The van der Waals surface area contributed by atoms with Gasteiger partial charge >= 0.3 is 0 Å². The van der Waals surface area contributed by atoms with Gasteiger partial charge in [0.2, 0.25) is 0 Å². The topological polar surface area (TPSA) is 109 Å². The number of hydrogen-bond acceptors (Lipinski definition) is 7. The van der Waals surface area contributed by atoms with E-state index in [9.17, 15) is 4.79 Å². The Bertz CT molecular complexity index is 1250. The van der Waals surface area contributed by atoms with Crippen LogP contribution in [0.25, 0.3) is 22.6 Å². The first-order chi connectivity index (χ1) is 15.5. The molecule has 0 saturated carbocycles. The molecule has 0 saturated heterocycles. The van der Waals surface area contributed by atoms with Crippen LogP contribution < -0.4 is 14.8 Å². The summed E-state index contributed by atoms with van der Waals surface area (Å²) in [5.41, 5.74) is 3.96. The zero-order chi connectivity index (χ0) is 22.7. The summed E-state index contributed by atoms with van der Waals surface area (Å²) in [5, 5.41) is 11.9. The van der Waals surface area contributed by atoms with E-state index in [1.165, 1.54) is 4.68 Å². The Morgan fingerprint density at radius 1 is 0.969 bits per heavy atom. The molecule has 0 unspecified atom stereocenters. The number of nitrogens with zero attached hydrogens (tertiary/aromatic N) is 6. The second kappa shape index (κ2) is 8.88. The van der Waals surface area contributed by atoms with Crippen molar-refractivity contribution in [2.24, 2.45) is 14.1 Å². The highest BCUT2D eigenvalue weighted by Crippen LogP contribution is 2.32. The third-order valence-electron chi connectivity index (χ3n) is 5.03. The Labute approximate surface area is 184 Å². The second-order valence-electron chi connectivity index (χ2n) is 7.02. The number of aryl methyl sites for hydroxylation is 2. The van der Waals surface area contributed by atoms with E-state index < -0.39 is 0 Å². The summed E-state index contributed by atoms with van der Waals surface area (Å²) in [7, 11) is 6.72. The molecule has 164 valence electrons. The van der Waals surface area contributed by atoms with Crippen LogP contribution in [0.15, 0.2) is 48.9 Å². The third-order valence-corrected chi connectivity index (χ3v) is 5.03. The fourth-order valence-corrected chi connectivity index (χ4v) is 3.31. The van der Waals surface area contributed by atoms with Crippen molar-refractivity contribution in [1.29, 1.82) is 0 Å². The Balaban J connectivity index is 1.52. The summed E-state index contributed by atoms with van der Waals surface area (Å²) in [6.07, 6.45) is 4.87. The van der Waals surface area contributed by atoms with Gasteiger partial charge in [-0.05, 0) is 30.3 Å². The molecular weight excluding hydrogens is 410 g/mol. The van der Waals surface area contributed by atoms with Crippen molar-refractivity contribution < 1.29 is 14.3 Å². The van der Waals surface area contributed by atoms with Gasteiger partial charge in [0.25, 0.3) is 5.91 Å². The molecule has 0 aliphatic rings. The number of hydrogen-bond donors (Lipinski definition) is 1. The number of aromatic nitrogens is 6. The normalized spacial score (nSPS) is 10.8. The molecule has 0 aliphatic carbocycles. The Morgan fingerprint density at radius 2 is 1.78 bits per heavy atom. The minimum absolute atomic E-state index is 0.254. The zero-order valence-corrected chi connectivity index (χ0v) is 18.2. The molecule has 1 aromatic carbocycles. The highest BCUT2D eigenvalue weighted by molar-refractivity contribution is 5.93. The lowest BCUT2D eigenvalue weighted by Crippen LogP contribution is -2.26. The van der Waals surface area contributed by atoms with Gasteiger partial charge in [0, 0.05) is 32.1 Å². The minimum Gasteiger partial charge on any atom is -0.497 e. The summed E-state index contributed by atoms with van der Waals surface area (Å²) in [6.45, 7) is 0.297. The number of carbonyl (C=O) groups is 1. The van der Waals surface area contributed by atoms with Gasteiger partial charge in [-0.3, -0.25) is 24.1 Å². The van der Waals surface area contributed by atoms with Crippen LogP contribution in [0, 0.1) is 0 Å². The van der Waals surface area contributed by atoms with Crippen molar-refractivity contribution in [3.63, 3.8) is 0 Å². The van der Waals surface area contributed by atoms with Crippen molar-refractivity contribution in [3.05, 3.63) is 60.3 Å². The first-order valence-electron chi connectivity index (χ1n) is 9.84. The van der Waals surface area contributed by atoms with Crippen LogP contribution in [0.2, 0.25) is 0 Å². The van der Waals surface area contributed by atoms with Crippen LogP contribution in [-0.4, -0.2) is 49.7 Å². The number of benzene rings is 1. The van der Waals surface area contributed by atoms with Crippen molar-refractivity contribution in [2.75, 3.05) is 14.2 Å². The molecule has 3 aromatic heterocycles. The standard InChI is InChI=1S/C22H23N7O3/c1-28-14(9-18(27-28)19-13-23-7-8-24-19)12-25-22(30)20-11-17(26-29(20)2)16-10-15(31-3)5-6-21(16)32-4/h5-11,13H,12H2,1-4H3,(H,25,30). The molecule has 0 atom stereocenters. The third kappa shape index (κ3) is 4.15. The van der Waals surface area contributed by atoms with E-state index in [2.05, 4.69) is 25.5 Å². The van der Waals surface area contributed by atoms with Crippen LogP contribution in [0.1, 0.15) is 16.2 Å². The van der Waals surface area contributed by atoms with Gasteiger partial charge in [-0.25, -0.2) is 0 Å². The van der Waals surface area contributed by atoms with Crippen molar-refractivity contribution in [2.45, 2.75) is 6.54 Å². The van der Waals surface area contributed by atoms with Gasteiger partial charge in [-0.1, -0.05) is 0 Å². The number of carbonyl (C=O) groups excluding carboxylic acids is 1. The average Bonchev–Trinajstić information content (AvgIpc) is 3.40. The van der Waals surface area contributed by atoms with Gasteiger partial charge in [-0.15, -0.1) is 0 Å². The number of methoxy groups -OCH3 is 2. The molecule has 4 rings (SSSR count). The lowest BCUT2D eigenvalue weighted by molar-refractivity contribution is 0.0940. The lowest BCUT2D eigenvalue weighted by atomic mass is 10.1. The molecule has 1 amide bonds. The summed E-state index contributed by atoms with van der Waals surface area (Å²) in [4.78, 5) is 21.2. The first-order valence-corrected chi connectivity index (χ1v) is 9.84. The molecule has 3 heterocycles. The van der Waals surface area contributed by atoms with E-state index >= 15 is 0 Å². The van der Waals surface area contributed by atoms with Gasteiger partial charge in [0.15, 0.2) is 0 Å². The maximum absolute atomic E-state index is 12.9. The molecule has 0 aliphatic heterocycles. The summed E-state index contributed by atoms with van der Waals surface area (Å²) in [6, 6.07) is 9.04. The summed E-state index contributed by atoms with van der Waals surface area (Å²) < 4.78 is 14.0. The van der Waals surface area contributed by atoms with Gasteiger partial charge in [0.05, 0.1) is 38.3 Å². The van der Waals surface area contributed by atoms with E-state index in [0.29, 0.717) is 40.8 Å². The number of ether oxygens (including phenoxy) is 2. The molecule has 0 spiro atoms. The largest absolute Gasteiger partial charge is 0.497 e. The number of amides is 1. The Hall–Kier alpha value is -4.21. The molecule has 0 fully saturated rings. The predicted molar refractivity (Wildman–Crippen MR) is 117 cm³/mol. The highest BCUT2D eigenvalue weighted by Gasteiger charge is 2.18. The summed E-state index contributed by atoms with van der Waals surface area (Å²) in [5.74, 6) is 1.06. The number of nitrogens with one attached hydrogen (secondary N) is 1. The molecule has 10 nitrogen and oxygen atoms in total. The van der Waals surface area contributed by atoms with Gasteiger partial charge in [-0.2, -0.15) is 10.2 Å². The molecule has 0 radical (unpaired) electrons. The summed E-state index contributed by atoms with van der Waals surface area (Å²) >= 11 is 0. The first kappa shape index (κ1) is 21.0. The van der Waals surface area contributed by atoms with Crippen LogP contribution in [-0.2, 0) is 20.6 Å². The molecular formula is C22H23N7O3. The molecule has 32 heavy (non-hydrogen) atoms. The van der Waals surface area contributed by atoms with Gasteiger partial charge < -0.3 is 14.8 Å². The molecule has 1 N–H and O–H groups in total. The van der Waals surface area contributed by atoms with E-state index in [0.717, 1.165) is 11.3 Å². The fraction of sp³-hybridized carbons (Fsp3) is 0.227. The zero-order valence-electron chi connectivity index (χ0n) is 18.2. The van der Waals surface area contributed by atoms with Crippen molar-refractivity contribution in [1.82, 2.24) is 34.8 Å². The smallest absolute Gasteiger partial charge is 0.269 e. The van der Waals surface area contributed by atoms with Crippen LogP contribution in [0.4, 0.5) is 0 Å². The van der Waals surface area contributed by atoms with Crippen molar-refractivity contribution >= 4 is 5.91 Å². The molecule has 4 aromatic rings. The van der Waals surface area contributed by atoms with E-state index in [-0.39, 0.29) is 5.91 Å². The molecule has 0 bridgehead atoms. The van der Waals surface area contributed by atoms with E-state index in [1.54, 1.807) is 56.7 Å². The highest BCUT2D eigenvalue weighted by atomic mass is 16.5. The van der Waals surface area contributed by atoms with Crippen LogP contribution in [0.3, 0.4) is 0 Å². The second-order valence-corrected chi connectivity index (χ2v) is 7.02. The van der Waals surface area contributed by atoms with Crippen LogP contribution >= 0.6 is 0 Å². The lowest BCUT2D eigenvalue weighted by Gasteiger charge is -2.08. The Kier molecular flexibility index (Phi) is 5.84. The maximum Gasteiger partial charge on any atom is 0.269 e. The van der Waals surface area contributed by atoms with E-state index in [1.807, 2.05) is 25.2 Å². The van der Waals surface area contributed by atoms with Crippen molar-refractivity contribution in [3.8, 4) is 34.1 Å². The monoisotopic (exact) mass is 433 g/mol. The Morgan fingerprint density at radius 3 is 2.50 bits per heavy atom. The quantitative estimate of drug-likeness (QED) is 0.476. The fourth-order valence-electron chi connectivity index (χ4n) is 3.31. The molecule has 10 heteroatoms. The maximum atomic E-state index is 12.9. The minimum atomic E-state index is -0.254. The van der Waals surface area contributed by atoms with E-state index in [4.69, 9.17) is 9.47 Å². The number of rotatable bonds is 7. The van der Waals surface area contributed by atoms with Gasteiger partial charge in [0.1, 0.15) is 28.6 Å².